The Kier molecular flexibility index (Phi) is 4.90. The summed E-state index contributed by atoms with van der Waals surface area (Å²) in [6, 6.07) is 3.95. The van der Waals surface area contributed by atoms with Crippen LogP contribution in [0.25, 0.3) is 0 Å². The van der Waals surface area contributed by atoms with Crippen LogP contribution in [-0.2, 0) is 9.59 Å². The van der Waals surface area contributed by atoms with E-state index in [1.54, 1.807) is 0 Å². The van der Waals surface area contributed by atoms with Crippen LogP contribution in [-0.4, -0.2) is 17.9 Å². The molecule has 0 bridgehead atoms. The van der Waals surface area contributed by atoms with Gasteiger partial charge in [-0.3, -0.25) is 9.59 Å². The van der Waals surface area contributed by atoms with Crippen molar-refractivity contribution in [2.24, 2.45) is 11.7 Å². The van der Waals surface area contributed by atoms with Gasteiger partial charge in [-0.15, -0.1) is 0 Å². The minimum atomic E-state index is -0.544. The molecule has 1 aliphatic carbocycles. The quantitative estimate of drug-likeness (QED) is 0.799. The van der Waals surface area contributed by atoms with Crippen molar-refractivity contribution in [1.82, 2.24) is 0 Å². The maximum Gasteiger partial charge on any atom is 0.229 e. The number of carbonyl (C=O) groups excluding carboxylic acids is 2. The Morgan fingerprint density at radius 3 is 2.62 bits per heavy atom. The Morgan fingerprint density at radius 1 is 1.24 bits per heavy atom. The third kappa shape index (κ3) is 4.01. The van der Waals surface area contributed by atoms with E-state index >= 15 is 0 Å². The molecule has 2 atom stereocenters. The molecular formula is C15H20FN3O2. The van der Waals surface area contributed by atoms with Gasteiger partial charge in [0.15, 0.2) is 0 Å². The number of halogens is 1. The monoisotopic (exact) mass is 293 g/mol. The summed E-state index contributed by atoms with van der Waals surface area (Å²) in [5.74, 6) is -1.28. The molecule has 2 amide bonds. The first-order valence-corrected chi connectivity index (χ1v) is 7.11. The minimum absolute atomic E-state index is 0.0493. The second-order valence-corrected chi connectivity index (χ2v) is 5.42. The fourth-order valence-electron chi connectivity index (χ4n) is 2.61. The van der Waals surface area contributed by atoms with Gasteiger partial charge in [-0.2, -0.15) is 0 Å². The third-order valence-corrected chi connectivity index (χ3v) is 3.70. The number of hydrogen-bond donors (Lipinski definition) is 3. The minimum Gasteiger partial charge on any atom is -0.327 e. The SMILES string of the molecule is CC(=O)Nc1cc(NC(=O)C2CCCCC2N)ccc1F. The van der Waals surface area contributed by atoms with Crippen molar-refractivity contribution < 1.29 is 14.0 Å². The summed E-state index contributed by atoms with van der Waals surface area (Å²) in [5, 5.41) is 5.13. The van der Waals surface area contributed by atoms with Crippen LogP contribution in [0.15, 0.2) is 18.2 Å². The highest BCUT2D eigenvalue weighted by atomic mass is 19.1. The Bertz CT molecular complexity index is 548. The van der Waals surface area contributed by atoms with Crippen LogP contribution < -0.4 is 16.4 Å². The lowest BCUT2D eigenvalue weighted by molar-refractivity contribution is -0.121. The van der Waals surface area contributed by atoms with Crippen LogP contribution in [0.5, 0.6) is 0 Å². The molecule has 6 heteroatoms. The predicted octanol–water partition coefficient (Wildman–Crippen LogP) is 2.24. The predicted molar refractivity (Wildman–Crippen MR) is 79.3 cm³/mol. The summed E-state index contributed by atoms with van der Waals surface area (Å²) in [7, 11) is 0. The summed E-state index contributed by atoms with van der Waals surface area (Å²) >= 11 is 0. The van der Waals surface area contributed by atoms with E-state index in [4.69, 9.17) is 5.73 Å². The summed E-state index contributed by atoms with van der Waals surface area (Å²) < 4.78 is 13.5. The van der Waals surface area contributed by atoms with Gasteiger partial charge in [-0.25, -0.2) is 4.39 Å². The normalized spacial score (nSPS) is 21.7. The molecular weight excluding hydrogens is 273 g/mol. The lowest BCUT2D eigenvalue weighted by Crippen LogP contribution is -2.40. The van der Waals surface area contributed by atoms with Crippen LogP contribution in [0.4, 0.5) is 15.8 Å². The highest BCUT2D eigenvalue weighted by Crippen LogP contribution is 2.25. The van der Waals surface area contributed by atoms with E-state index in [0.717, 1.165) is 25.7 Å². The maximum absolute atomic E-state index is 13.5. The number of hydrogen-bond acceptors (Lipinski definition) is 3. The zero-order valence-electron chi connectivity index (χ0n) is 12.0. The van der Waals surface area contributed by atoms with E-state index in [2.05, 4.69) is 10.6 Å². The van der Waals surface area contributed by atoms with Gasteiger partial charge in [-0.05, 0) is 31.0 Å². The van der Waals surface area contributed by atoms with Crippen LogP contribution in [0, 0.1) is 11.7 Å². The van der Waals surface area contributed by atoms with E-state index < -0.39 is 5.82 Å². The molecule has 4 N–H and O–H groups in total. The third-order valence-electron chi connectivity index (χ3n) is 3.70. The molecule has 1 saturated carbocycles. The second kappa shape index (κ2) is 6.67. The van der Waals surface area contributed by atoms with Gasteiger partial charge >= 0.3 is 0 Å². The molecule has 1 aliphatic rings. The molecule has 5 nitrogen and oxygen atoms in total. The van der Waals surface area contributed by atoms with Crippen molar-refractivity contribution in [1.29, 1.82) is 0 Å². The molecule has 0 aliphatic heterocycles. The molecule has 0 aromatic heterocycles. The van der Waals surface area contributed by atoms with Crippen molar-refractivity contribution in [3.63, 3.8) is 0 Å². The topological polar surface area (TPSA) is 84.2 Å². The van der Waals surface area contributed by atoms with Crippen LogP contribution in [0.1, 0.15) is 32.6 Å². The first kappa shape index (κ1) is 15.4. The standard InChI is InChI=1S/C15H20FN3O2/c1-9(20)18-14-8-10(6-7-12(14)16)19-15(21)11-4-2-3-5-13(11)17/h6-8,11,13H,2-5,17H2,1H3,(H,18,20)(H,19,21). The zero-order chi connectivity index (χ0) is 15.4. The molecule has 2 unspecified atom stereocenters. The van der Waals surface area contributed by atoms with Gasteiger partial charge in [-0.1, -0.05) is 12.8 Å². The molecule has 1 aromatic rings. The van der Waals surface area contributed by atoms with Gasteiger partial charge in [0.2, 0.25) is 11.8 Å². The van der Waals surface area contributed by atoms with Gasteiger partial charge in [0.05, 0.1) is 11.6 Å². The van der Waals surface area contributed by atoms with Crippen molar-refractivity contribution in [3.8, 4) is 0 Å². The number of carbonyl (C=O) groups is 2. The molecule has 114 valence electrons. The van der Waals surface area contributed by atoms with Gasteiger partial charge in [0.1, 0.15) is 5.82 Å². The molecule has 2 rings (SSSR count). The Hall–Kier alpha value is -1.95. The van der Waals surface area contributed by atoms with E-state index in [9.17, 15) is 14.0 Å². The molecule has 0 saturated heterocycles. The largest absolute Gasteiger partial charge is 0.327 e. The van der Waals surface area contributed by atoms with E-state index in [-0.39, 0.29) is 29.5 Å². The van der Waals surface area contributed by atoms with Crippen molar-refractivity contribution in [2.75, 3.05) is 10.6 Å². The molecule has 0 heterocycles. The Labute approximate surface area is 123 Å². The zero-order valence-corrected chi connectivity index (χ0v) is 12.0. The maximum atomic E-state index is 13.5. The Balaban J connectivity index is 2.08. The number of anilines is 2. The number of amides is 2. The fraction of sp³-hybridized carbons (Fsp3) is 0.467. The molecule has 21 heavy (non-hydrogen) atoms. The molecule has 0 radical (unpaired) electrons. The number of nitrogens with one attached hydrogen (secondary N) is 2. The average Bonchev–Trinajstić information content (AvgIpc) is 2.42. The number of rotatable bonds is 3. The van der Waals surface area contributed by atoms with Crippen LogP contribution in [0.2, 0.25) is 0 Å². The van der Waals surface area contributed by atoms with E-state index in [1.807, 2.05) is 0 Å². The van der Waals surface area contributed by atoms with Gasteiger partial charge < -0.3 is 16.4 Å². The fourth-order valence-corrected chi connectivity index (χ4v) is 2.61. The average molecular weight is 293 g/mol. The van der Waals surface area contributed by atoms with Crippen molar-refractivity contribution in [3.05, 3.63) is 24.0 Å². The highest BCUT2D eigenvalue weighted by molar-refractivity contribution is 5.95. The van der Waals surface area contributed by atoms with Crippen molar-refractivity contribution in [2.45, 2.75) is 38.6 Å². The molecule has 1 fully saturated rings. The number of nitrogens with two attached hydrogens (primary N) is 1. The first-order chi connectivity index (χ1) is 9.97. The summed E-state index contributed by atoms with van der Waals surface area (Å²) in [4.78, 5) is 23.2. The Morgan fingerprint density at radius 2 is 1.95 bits per heavy atom. The van der Waals surface area contributed by atoms with E-state index in [1.165, 1.54) is 25.1 Å². The highest BCUT2D eigenvalue weighted by Gasteiger charge is 2.28. The van der Waals surface area contributed by atoms with Gasteiger partial charge in [0, 0.05) is 18.7 Å². The second-order valence-electron chi connectivity index (χ2n) is 5.42. The lowest BCUT2D eigenvalue weighted by atomic mass is 9.84. The number of benzene rings is 1. The smallest absolute Gasteiger partial charge is 0.229 e. The van der Waals surface area contributed by atoms with Gasteiger partial charge in [0.25, 0.3) is 0 Å². The van der Waals surface area contributed by atoms with Crippen molar-refractivity contribution >= 4 is 23.2 Å². The summed E-state index contributed by atoms with van der Waals surface area (Å²) in [6.07, 6.45) is 3.66. The van der Waals surface area contributed by atoms with E-state index in [0.29, 0.717) is 5.69 Å². The summed E-state index contributed by atoms with van der Waals surface area (Å²) in [6.45, 7) is 1.30. The van der Waals surface area contributed by atoms with Crippen LogP contribution in [0.3, 0.4) is 0 Å². The molecule has 0 spiro atoms. The lowest BCUT2D eigenvalue weighted by Gasteiger charge is -2.27. The van der Waals surface area contributed by atoms with Crippen LogP contribution >= 0.6 is 0 Å². The first-order valence-electron chi connectivity index (χ1n) is 7.11. The summed E-state index contributed by atoms with van der Waals surface area (Å²) in [5.41, 5.74) is 6.47. The molecule has 1 aromatic carbocycles.